The Kier molecular flexibility index (Phi) is 44.8. The number of carbonyl (C=O) groups is 2. The second kappa shape index (κ2) is 47.1. The van der Waals surface area contributed by atoms with E-state index in [1.54, 1.807) is 0 Å². The van der Waals surface area contributed by atoms with Crippen molar-refractivity contribution in [1.82, 2.24) is 5.32 Å². The summed E-state index contributed by atoms with van der Waals surface area (Å²) in [6.45, 7) is 6.35. The molecule has 0 radical (unpaired) electrons. The molecule has 0 fully saturated rings. The lowest BCUT2D eigenvalue weighted by atomic mass is 10.0. The first-order valence-corrected chi connectivity index (χ1v) is 24.9. The van der Waals surface area contributed by atoms with Crippen LogP contribution in [0.2, 0.25) is 0 Å². The number of hydrogen-bond donors (Lipinski definition) is 3. The van der Waals surface area contributed by atoms with Crippen LogP contribution >= 0.6 is 0 Å². The highest BCUT2D eigenvalue weighted by atomic mass is 16.5. The lowest BCUT2D eigenvalue weighted by molar-refractivity contribution is -0.150. The average Bonchev–Trinajstić information content (AvgIpc) is 3.24. The van der Waals surface area contributed by atoms with E-state index in [9.17, 15) is 19.8 Å². The molecule has 0 heterocycles. The maximum atomic E-state index is 13.2. The van der Waals surface area contributed by atoms with E-state index in [0.29, 0.717) is 19.3 Å². The first kappa shape index (κ1) is 57.0. The largest absolute Gasteiger partial charge is 0.462 e. The van der Waals surface area contributed by atoms with Crippen molar-refractivity contribution in [3.8, 4) is 0 Å². The van der Waals surface area contributed by atoms with Crippen molar-refractivity contribution >= 4 is 11.9 Å². The molecule has 1 amide bonds. The van der Waals surface area contributed by atoms with Crippen LogP contribution in [0.3, 0.4) is 0 Å². The van der Waals surface area contributed by atoms with Crippen LogP contribution < -0.4 is 5.32 Å². The minimum atomic E-state index is -0.811. The summed E-state index contributed by atoms with van der Waals surface area (Å²) in [7, 11) is 0. The summed E-state index contributed by atoms with van der Waals surface area (Å²) >= 11 is 0. The molecule has 0 aromatic heterocycles. The molecule has 60 heavy (non-hydrogen) atoms. The van der Waals surface area contributed by atoms with Crippen molar-refractivity contribution in [1.29, 1.82) is 0 Å². The normalized spacial score (nSPS) is 14.0. The van der Waals surface area contributed by atoms with E-state index in [1.165, 1.54) is 103 Å². The summed E-state index contributed by atoms with van der Waals surface area (Å²) in [5.41, 5.74) is 0. The van der Waals surface area contributed by atoms with Gasteiger partial charge in [-0.2, -0.15) is 0 Å². The number of esters is 1. The van der Waals surface area contributed by atoms with Crippen LogP contribution in [0, 0.1) is 0 Å². The molecule has 0 aliphatic heterocycles. The minimum Gasteiger partial charge on any atom is -0.462 e. The van der Waals surface area contributed by atoms with Gasteiger partial charge in [0.2, 0.25) is 5.91 Å². The third kappa shape index (κ3) is 41.8. The zero-order chi connectivity index (χ0) is 43.8. The highest BCUT2D eigenvalue weighted by Gasteiger charge is 2.24. The van der Waals surface area contributed by atoms with Crippen LogP contribution in [0.25, 0.3) is 0 Å². The van der Waals surface area contributed by atoms with Crippen molar-refractivity contribution in [3.63, 3.8) is 0 Å². The van der Waals surface area contributed by atoms with E-state index in [2.05, 4.69) is 68.6 Å². The first-order valence-electron chi connectivity index (χ1n) is 24.9. The molecule has 0 spiro atoms. The molecule has 0 aliphatic rings. The van der Waals surface area contributed by atoms with E-state index >= 15 is 0 Å². The van der Waals surface area contributed by atoms with Gasteiger partial charge >= 0.3 is 5.97 Å². The summed E-state index contributed by atoms with van der Waals surface area (Å²) in [5.74, 6) is -0.602. The highest BCUT2D eigenvalue weighted by molar-refractivity contribution is 5.77. The van der Waals surface area contributed by atoms with Crippen LogP contribution in [-0.2, 0) is 14.3 Å². The Bertz CT molecular complexity index is 1160. The van der Waals surface area contributed by atoms with Crippen molar-refractivity contribution in [3.05, 3.63) is 85.1 Å². The number of ether oxygens (including phenoxy) is 1. The van der Waals surface area contributed by atoms with Crippen LogP contribution in [0.4, 0.5) is 0 Å². The standard InChI is InChI=1S/C54H93NO5/c1-4-7-10-13-16-19-22-25-26-27-29-30-33-36-39-42-45-50(60-54(59)47-44-41-38-35-32-28-23-20-17-14-11-8-5-2)48-53(58)55-51(49-56)52(57)46-43-40-37-34-31-24-21-18-15-12-9-6-3/h10,13,16,19,22,25-30,32,38,41,50-52,56-57H,4-9,11-12,14-15,17-18,20-21,23-24,31,33-37,39-40,42-49H2,1-3H3,(H,55,58)/b13-10+,19-16+,25-22+,27-26+,30-29+,32-28-,41-38+. The van der Waals surface area contributed by atoms with E-state index < -0.39 is 18.2 Å². The van der Waals surface area contributed by atoms with Gasteiger partial charge in [0.15, 0.2) is 0 Å². The molecule has 0 aliphatic carbocycles. The van der Waals surface area contributed by atoms with Gasteiger partial charge in [-0.15, -0.1) is 0 Å². The van der Waals surface area contributed by atoms with Gasteiger partial charge in [-0.1, -0.05) is 228 Å². The molecule has 0 rings (SSSR count). The molecule has 0 saturated heterocycles. The van der Waals surface area contributed by atoms with Crippen molar-refractivity contribution < 1.29 is 24.5 Å². The maximum Gasteiger partial charge on any atom is 0.306 e. The molecule has 0 saturated carbocycles. The number of hydrogen-bond acceptors (Lipinski definition) is 5. The number of rotatable bonds is 43. The molecule has 6 heteroatoms. The molecule has 0 aromatic carbocycles. The maximum absolute atomic E-state index is 13.2. The number of carbonyl (C=O) groups excluding carboxylic acids is 2. The Morgan fingerprint density at radius 1 is 0.500 bits per heavy atom. The van der Waals surface area contributed by atoms with E-state index in [1.807, 2.05) is 42.5 Å². The Morgan fingerprint density at radius 2 is 0.950 bits per heavy atom. The summed E-state index contributed by atoms with van der Waals surface area (Å²) in [6, 6.07) is -0.730. The Morgan fingerprint density at radius 3 is 1.50 bits per heavy atom. The molecule has 3 unspecified atom stereocenters. The lowest BCUT2D eigenvalue weighted by Gasteiger charge is -2.24. The summed E-state index contributed by atoms with van der Waals surface area (Å²) in [5, 5.41) is 23.7. The Labute approximate surface area is 370 Å². The molecule has 0 aromatic rings. The summed E-state index contributed by atoms with van der Waals surface area (Å²) in [4.78, 5) is 26.1. The van der Waals surface area contributed by atoms with Crippen molar-refractivity contribution in [2.45, 2.75) is 238 Å². The van der Waals surface area contributed by atoms with Crippen molar-refractivity contribution in [2.24, 2.45) is 0 Å². The van der Waals surface area contributed by atoms with E-state index in [4.69, 9.17) is 4.74 Å². The molecular formula is C54H93NO5. The summed E-state index contributed by atoms with van der Waals surface area (Å²) < 4.78 is 5.87. The second-order valence-corrected chi connectivity index (χ2v) is 16.6. The number of unbranched alkanes of at least 4 members (excludes halogenated alkanes) is 21. The van der Waals surface area contributed by atoms with Gasteiger partial charge in [-0.25, -0.2) is 0 Å². The minimum absolute atomic E-state index is 0.0230. The molecular weight excluding hydrogens is 743 g/mol. The fourth-order valence-corrected chi connectivity index (χ4v) is 7.04. The third-order valence-corrected chi connectivity index (χ3v) is 10.8. The SMILES string of the molecule is CCC/C=C/C=C/C=C/C=C/C=C/CCCCCC(CC(=O)NC(CO)C(O)CCCCCCCCCCCCCC)OC(=O)CC/C=C/C/C=C\CCCCCCCC. The number of aliphatic hydroxyl groups excluding tert-OH is 2. The molecule has 3 atom stereocenters. The molecule has 3 N–H and O–H groups in total. The second-order valence-electron chi connectivity index (χ2n) is 16.6. The average molecular weight is 836 g/mol. The van der Waals surface area contributed by atoms with Gasteiger partial charge in [0.05, 0.1) is 25.2 Å². The monoisotopic (exact) mass is 836 g/mol. The van der Waals surface area contributed by atoms with Crippen LogP contribution in [0.5, 0.6) is 0 Å². The number of amides is 1. The Hall–Kier alpha value is -2.96. The zero-order valence-electron chi connectivity index (χ0n) is 39.1. The summed E-state index contributed by atoms with van der Waals surface area (Å²) in [6.07, 6.45) is 60.7. The molecule has 0 bridgehead atoms. The van der Waals surface area contributed by atoms with Gasteiger partial charge in [0, 0.05) is 6.42 Å². The topological polar surface area (TPSA) is 95.9 Å². The van der Waals surface area contributed by atoms with Gasteiger partial charge in [0.1, 0.15) is 6.10 Å². The quantitative estimate of drug-likeness (QED) is 0.0246. The number of allylic oxidation sites excluding steroid dienone is 14. The zero-order valence-corrected chi connectivity index (χ0v) is 39.1. The van der Waals surface area contributed by atoms with Gasteiger partial charge in [-0.3, -0.25) is 9.59 Å². The highest BCUT2D eigenvalue weighted by Crippen LogP contribution is 2.16. The van der Waals surface area contributed by atoms with Gasteiger partial charge < -0.3 is 20.3 Å². The first-order chi connectivity index (χ1) is 29.5. The van der Waals surface area contributed by atoms with E-state index in [-0.39, 0.29) is 31.3 Å². The molecule has 6 nitrogen and oxygen atoms in total. The van der Waals surface area contributed by atoms with Crippen LogP contribution in [0.15, 0.2) is 85.1 Å². The number of aliphatic hydroxyl groups is 2. The fourth-order valence-electron chi connectivity index (χ4n) is 7.04. The fraction of sp³-hybridized carbons (Fsp3) is 0.704. The van der Waals surface area contributed by atoms with Gasteiger partial charge in [0.25, 0.3) is 0 Å². The third-order valence-electron chi connectivity index (χ3n) is 10.8. The smallest absolute Gasteiger partial charge is 0.306 e. The predicted octanol–water partition coefficient (Wildman–Crippen LogP) is 14.8. The number of nitrogens with one attached hydrogen (secondary N) is 1. The molecule has 344 valence electrons. The van der Waals surface area contributed by atoms with Crippen LogP contribution in [-0.4, -0.2) is 46.9 Å². The predicted molar refractivity (Wildman–Crippen MR) is 259 cm³/mol. The lowest BCUT2D eigenvalue weighted by Crippen LogP contribution is -2.46. The van der Waals surface area contributed by atoms with E-state index in [0.717, 1.165) is 64.2 Å². The van der Waals surface area contributed by atoms with Crippen LogP contribution in [0.1, 0.15) is 220 Å². The van der Waals surface area contributed by atoms with Crippen molar-refractivity contribution in [2.75, 3.05) is 6.61 Å². The van der Waals surface area contributed by atoms with Gasteiger partial charge in [-0.05, 0) is 64.2 Å². The Balaban J connectivity index is 4.79.